The molecule has 1 heterocycles. The first-order valence-corrected chi connectivity index (χ1v) is 5.75. The number of amides is 1. The van der Waals surface area contributed by atoms with E-state index >= 15 is 0 Å². The van der Waals surface area contributed by atoms with Gasteiger partial charge in [-0.3, -0.25) is 4.79 Å². The summed E-state index contributed by atoms with van der Waals surface area (Å²) in [5, 5.41) is 6.17. The summed E-state index contributed by atoms with van der Waals surface area (Å²) in [6.07, 6.45) is 0.941. The zero-order valence-electron chi connectivity index (χ0n) is 10.2. The van der Waals surface area contributed by atoms with Crippen LogP contribution in [0.15, 0.2) is 18.2 Å². The fourth-order valence-corrected chi connectivity index (χ4v) is 1.94. The lowest BCUT2D eigenvalue weighted by molar-refractivity contribution is -0.119. The van der Waals surface area contributed by atoms with Crippen LogP contribution in [0.2, 0.25) is 0 Å². The van der Waals surface area contributed by atoms with E-state index in [9.17, 15) is 4.79 Å². The average molecular weight is 255 g/mol. The van der Waals surface area contributed by atoms with Crippen molar-refractivity contribution in [3.05, 3.63) is 29.3 Å². The van der Waals surface area contributed by atoms with Gasteiger partial charge in [-0.2, -0.15) is 0 Å². The van der Waals surface area contributed by atoms with E-state index in [1.807, 2.05) is 18.2 Å². The van der Waals surface area contributed by atoms with Gasteiger partial charge >= 0.3 is 0 Å². The van der Waals surface area contributed by atoms with Crippen LogP contribution in [0.25, 0.3) is 0 Å². The van der Waals surface area contributed by atoms with Crippen LogP contribution >= 0.6 is 12.4 Å². The van der Waals surface area contributed by atoms with Crippen molar-refractivity contribution >= 4 is 24.0 Å². The number of carbonyl (C=O) groups is 1. The van der Waals surface area contributed by atoms with E-state index in [-0.39, 0.29) is 24.2 Å². The summed E-state index contributed by atoms with van der Waals surface area (Å²) >= 11 is 0. The molecule has 0 radical (unpaired) electrons. The molecule has 2 N–H and O–H groups in total. The van der Waals surface area contributed by atoms with Crippen LogP contribution in [0.3, 0.4) is 0 Å². The SMILES string of the molecule is Cc1ccc(NC(=O)C2CCNC2)cc1C.Cl. The van der Waals surface area contributed by atoms with E-state index in [1.165, 1.54) is 11.1 Å². The topological polar surface area (TPSA) is 41.1 Å². The van der Waals surface area contributed by atoms with Gasteiger partial charge in [0, 0.05) is 12.2 Å². The van der Waals surface area contributed by atoms with Crippen molar-refractivity contribution in [2.45, 2.75) is 20.3 Å². The van der Waals surface area contributed by atoms with E-state index < -0.39 is 0 Å². The van der Waals surface area contributed by atoms with Crippen molar-refractivity contribution in [2.75, 3.05) is 18.4 Å². The Labute approximate surface area is 108 Å². The van der Waals surface area contributed by atoms with E-state index in [0.29, 0.717) is 0 Å². The first-order valence-electron chi connectivity index (χ1n) is 5.75. The highest BCUT2D eigenvalue weighted by molar-refractivity contribution is 5.93. The number of rotatable bonds is 2. The minimum Gasteiger partial charge on any atom is -0.326 e. The highest BCUT2D eigenvalue weighted by atomic mass is 35.5. The van der Waals surface area contributed by atoms with Crippen molar-refractivity contribution in [2.24, 2.45) is 5.92 Å². The van der Waals surface area contributed by atoms with Gasteiger partial charge in [0.15, 0.2) is 0 Å². The number of hydrogen-bond donors (Lipinski definition) is 2. The second-order valence-electron chi connectivity index (χ2n) is 4.48. The summed E-state index contributed by atoms with van der Waals surface area (Å²) in [7, 11) is 0. The van der Waals surface area contributed by atoms with Crippen LogP contribution < -0.4 is 10.6 Å². The zero-order chi connectivity index (χ0) is 11.5. The molecule has 1 atom stereocenters. The molecule has 0 bridgehead atoms. The highest BCUT2D eigenvalue weighted by Gasteiger charge is 2.22. The molecule has 1 unspecified atom stereocenters. The highest BCUT2D eigenvalue weighted by Crippen LogP contribution is 2.16. The molecule has 2 rings (SSSR count). The van der Waals surface area contributed by atoms with Gasteiger partial charge in [-0.05, 0) is 50.1 Å². The Bertz CT molecular complexity index is 400. The third kappa shape index (κ3) is 3.45. The standard InChI is InChI=1S/C13H18N2O.ClH/c1-9-3-4-12(7-10(9)2)15-13(16)11-5-6-14-8-11;/h3-4,7,11,14H,5-6,8H2,1-2H3,(H,15,16);1H. The van der Waals surface area contributed by atoms with Crippen molar-refractivity contribution < 1.29 is 4.79 Å². The molecule has 0 saturated carbocycles. The van der Waals surface area contributed by atoms with Gasteiger partial charge in [0.05, 0.1) is 5.92 Å². The Morgan fingerprint density at radius 3 is 2.71 bits per heavy atom. The Morgan fingerprint density at radius 1 is 1.35 bits per heavy atom. The van der Waals surface area contributed by atoms with Gasteiger partial charge in [-0.15, -0.1) is 12.4 Å². The molecular formula is C13H19ClN2O. The lowest BCUT2D eigenvalue weighted by Crippen LogP contribution is -2.24. The van der Waals surface area contributed by atoms with Gasteiger partial charge in [-0.1, -0.05) is 6.07 Å². The van der Waals surface area contributed by atoms with Gasteiger partial charge in [-0.25, -0.2) is 0 Å². The van der Waals surface area contributed by atoms with Crippen LogP contribution in [-0.4, -0.2) is 19.0 Å². The first-order chi connectivity index (χ1) is 7.66. The Balaban J connectivity index is 0.00000144. The lowest BCUT2D eigenvalue weighted by atomic mass is 10.1. The predicted octanol–water partition coefficient (Wildman–Crippen LogP) is 2.27. The largest absolute Gasteiger partial charge is 0.326 e. The normalized spacial score (nSPS) is 18.6. The second-order valence-corrected chi connectivity index (χ2v) is 4.48. The first kappa shape index (κ1) is 14.0. The number of carbonyl (C=O) groups excluding carboxylic acids is 1. The molecule has 0 aliphatic carbocycles. The molecule has 3 nitrogen and oxygen atoms in total. The number of hydrogen-bond acceptors (Lipinski definition) is 2. The van der Waals surface area contributed by atoms with Gasteiger partial charge < -0.3 is 10.6 Å². The molecule has 1 aliphatic rings. The maximum atomic E-state index is 11.9. The third-order valence-electron chi connectivity index (χ3n) is 3.21. The zero-order valence-corrected chi connectivity index (χ0v) is 11.1. The van der Waals surface area contributed by atoms with Crippen LogP contribution in [0, 0.1) is 19.8 Å². The Hall–Kier alpha value is -1.06. The number of benzene rings is 1. The maximum absolute atomic E-state index is 11.9. The Kier molecular flexibility index (Phi) is 4.97. The summed E-state index contributed by atoms with van der Waals surface area (Å²) in [4.78, 5) is 11.9. The predicted molar refractivity (Wildman–Crippen MR) is 72.8 cm³/mol. The molecule has 1 amide bonds. The van der Waals surface area contributed by atoms with E-state index in [2.05, 4.69) is 24.5 Å². The second kappa shape index (κ2) is 6.03. The van der Waals surface area contributed by atoms with E-state index in [1.54, 1.807) is 0 Å². The summed E-state index contributed by atoms with van der Waals surface area (Å²) in [5.74, 6) is 0.259. The molecule has 4 heteroatoms. The Morgan fingerprint density at radius 2 is 2.12 bits per heavy atom. The van der Waals surface area contributed by atoms with Gasteiger partial charge in [0.1, 0.15) is 0 Å². The smallest absolute Gasteiger partial charge is 0.228 e. The van der Waals surface area contributed by atoms with Gasteiger partial charge in [0.2, 0.25) is 5.91 Å². The average Bonchev–Trinajstić information content (AvgIpc) is 2.77. The number of halogens is 1. The summed E-state index contributed by atoms with van der Waals surface area (Å²) < 4.78 is 0. The summed E-state index contributed by atoms with van der Waals surface area (Å²) in [6.45, 7) is 5.88. The number of nitrogens with one attached hydrogen (secondary N) is 2. The van der Waals surface area contributed by atoms with E-state index in [0.717, 1.165) is 25.2 Å². The molecule has 1 aliphatic heterocycles. The maximum Gasteiger partial charge on any atom is 0.228 e. The summed E-state index contributed by atoms with van der Waals surface area (Å²) in [5.41, 5.74) is 3.36. The molecule has 17 heavy (non-hydrogen) atoms. The molecule has 1 aromatic rings. The van der Waals surface area contributed by atoms with Crippen molar-refractivity contribution in [1.82, 2.24) is 5.32 Å². The monoisotopic (exact) mass is 254 g/mol. The van der Waals surface area contributed by atoms with Crippen molar-refractivity contribution in [3.63, 3.8) is 0 Å². The molecule has 94 valence electrons. The third-order valence-corrected chi connectivity index (χ3v) is 3.21. The lowest BCUT2D eigenvalue weighted by Gasteiger charge is -2.11. The molecule has 1 fully saturated rings. The number of aryl methyl sites for hydroxylation is 2. The van der Waals surface area contributed by atoms with Crippen LogP contribution in [0.1, 0.15) is 17.5 Å². The van der Waals surface area contributed by atoms with Crippen molar-refractivity contribution in [1.29, 1.82) is 0 Å². The fraction of sp³-hybridized carbons (Fsp3) is 0.462. The summed E-state index contributed by atoms with van der Waals surface area (Å²) in [6, 6.07) is 6.02. The molecule has 0 spiro atoms. The quantitative estimate of drug-likeness (QED) is 0.850. The van der Waals surface area contributed by atoms with Crippen LogP contribution in [-0.2, 0) is 4.79 Å². The van der Waals surface area contributed by atoms with E-state index in [4.69, 9.17) is 0 Å². The fourth-order valence-electron chi connectivity index (χ4n) is 1.94. The number of anilines is 1. The van der Waals surface area contributed by atoms with Crippen LogP contribution in [0.4, 0.5) is 5.69 Å². The molecule has 1 aromatic carbocycles. The molecule has 1 saturated heterocycles. The van der Waals surface area contributed by atoms with Gasteiger partial charge in [0.25, 0.3) is 0 Å². The minimum atomic E-state index is 0. The van der Waals surface area contributed by atoms with Crippen LogP contribution in [0.5, 0.6) is 0 Å². The molecular weight excluding hydrogens is 236 g/mol. The minimum absolute atomic E-state index is 0. The van der Waals surface area contributed by atoms with Crippen molar-refractivity contribution in [3.8, 4) is 0 Å². The molecule has 0 aromatic heterocycles.